The van der Waals surface area contributed by atoms with Crippen molar-refractivity contribution in [2.45, 2.75) is 19.5 Å². The molecule has 3 heteroatoms. The lowest BCUT2D eigenvalue weighted by Gasteiger charge is -2.13. The molecule has 1 N–H and O–H groups in total. The van der Waals surface area contributed by atoms with Crippen molar-refractivity contribution in [3.8, 4) is 0 Å². The van der Waals surface area contributed by atoms with Gasteiger partial charge in [-0.25, -0.2) is 0 Å². The average Bonchev–Trinajstić information content (AvgIpc) is 2.35. The minimum absolute atomic E-state index is 0.273. The molecule has 0 heterocycles. The van der Waals surface area contributed by atoms with E-state index in [2.05, 4.69) is 54.7 Å². The van der Waals surface area contributed by atoms with Crippen molar-refractivity contribution in [3.05, 3.63) is 48.0 Å². The van der Waals surface area contributed by atoms with Crippen LogP contribution in [0, 0.1) is 0 Å². The highest BCUT2D eigenvalue weighted by molar-refractivity contribution is 7.84. The van der Waals surface area contributed by atoms with E-state index in [1.54, 1.807) is 6.26 Å². The second-order valence-corrected chi connectivity index (χ2v) is 6.14. The molecule has 2 aromatic carbocycles. The molecule has 0 fully saturated rings. The third kappa shape index (κ3) is 3.40. The monoisotopic (exact) mass is 261 g/mol. The Morgan fingerprint density at radius 3 is 2.67 bits per heavy atom. The maximum absolute atomic E-state index is 11.1. The average molecular weight is 261 g/mol. The van der Waals surface area contributed by atoms with E-state index in [1.807, 2.05) is 0 Å². The van der Waals surface area contributed by atoms with Gasteiger partial charge in [0, 0.05) is 35.4 Å². The first kappa shape index (κ1) is 13.2. The first-order valence-electron chi connectivity index (χ1n) is 6.17. The summed E-state index contributed by atoms with van der Waals surface area (Å²) in [4.78, 5) is 0. The summed E-state index contributed by atoms with van der Waals surface area (Å²) in [5.41, 5.74) is 1.29. The summed E-state index contributed by atoms with van der Waals surface area (Å²) in [5, 5.41) is 5.99. The second kappa shape index (κ2) is 6.12. The fourth-order valence-electron chi connectivity index (χ4n) is 2.14. The minimum Gasteiger partial charge on any atom is -0.309 e. The molecule has 0 saturated carbocycles. The van der Waals surface area contributed by atoms with Crippen LogP contribution in [0.1, 0.15) is 12.5 Å². The Morgan fingerprint density at radius 1 is 1.17 bits per heavy atom. The molecule has 18 heavy (non-hydrogen) atoms. The number of benzene rings is 2. The van der Waals surface area contributed by atoms with Crippen LogP contribution in [0.2, 0.25) is 0 Å². The molecule has 2 atom stereocenters. The fraction of sp³-hybridized carbons (Fsp3) is 0.333. The van der Waals surface area contributed by atoms with Gasteiger partial charge >= 0.3 is 0 Å². The van der Waals surface area contributed by atoms with Crippen molar-refractivity contribution in [2.24, 2.45) is 0 Å². The second-order valence-electron chi connectivity index (χ2n) is 4.66. The van der Waals surface area contributed by atoms with Crippen LogP contribution in [-0.4, -0.2) is 22.3 Å². The summed E-state index contributed by atoms with van der Waals surface area (Å²) >= 11 is 0. The van der Waals surface area contributed by atoms with Crippen molar-refractivity contribution in [2.75, 3.05) is 12.0 Å². The standard InChI is InChI=1S/C15H19NOS/c1-12(11-18(2)17)16-10-14-8-5-7-13-6-3-4-9-15(13)14/h3-9,12,16H,10-11H2,1-2H3. The predicted octanol–water partition coefficient (Wildman–Crippen LogP) is 2.70. The van der Waals surface area contributed by atoms with E-state index in [9.17, 15) is 4.21 Å². The molecule has 0 aromatic heterocycles. The third-order valence-corrected chi connectivity index (χ3v) is 3.98. The zero-order chi connectivity index (χ0) is 13.0. The fourth-order valence-corrected chi connectivity index (χ4v) is 2.96. The number of hydrogen-bond acceptors (Lipinski definition) is 2. The number of fused-ring (bicyclic) bond motifs is 1. The van der Waals surface area contributed by atoms with Crippen LogP contribution in [0.5, 0.6) is 0 Å². The zero-order valence-electron chi connectivity index (χ0n) is 10.8. The van der Waals surface area contributed by atoms with E-state index in [0.29, 0.717) is 5.75 Å². The van der Waals surface area contributed by atoms with E-state index in [0.717, 1.165) is 6.54 Å². The SMILES string of the molecule is CC(CS(C)=O)NCc1cccc2ccccc12. The molecule has 96 valence electrons. The molecule has 0 saturated heterocycles. The summed E-state index contributed by atoms with van der Waals surface area (Å²) in [6, 6.07) is 15.0. The van der Waals surface area contributed by atoms with Crippen LogP contribution in [0.4, 0.5) is 0 Å². The van der Waals surface area contributed by atoms with E-state index in [4.69, 9.17) is 0 Å². The molecule has 0 bridgehead atoms. The Labute approximate surface area is 111 Å². The lowest BCUT2D eigenvalue weighted by molar-refractivity contribution is 0.589. The molecule has 0 aliphatic carbocycles. The van der Waals surface area contributed by atoms with Crippen LogP contribution in [-0.2, 0) is 17.3 Å². The topological polar surface area (TPSA) is 29.1 Å². The van der Waals surface area contributed by atoms with Crippen LogP contribution in [0.15, 0.2) is 42.5 Å². The Bertz CT molecular complexity index is 548. The lowest BCUT2D eigenvalue weighted by atomic mass is 10.0. The Morgan fingerprint density at radius 2 is 1.89 bits per heavy atom. The molecule has 0 aliphatic heterocycles. The van der Waals surface area contributed by atoms with Crippen molar-refractivity contribution < 1.29 is 4.21 Å². The van der Waals surface area contributed by atoms with Crippen molar-refractivity contribution in [1.29, 1.82) is 0 Å². The van der Waals surface area contributed by atoms with Crippen molar-refractivity contribution >= 4 is 21.6 Å². The highest BCUT2D eigenvalue weighted by atomic mass is 32.2. The summed E-state index contributed by atoms with van der Waals surface area (Å²) in [5.74, 6) is 0.699. The van der Waals surface area contributed by atoms with Crippen LogP contribution >= 0.6 is 0 Å². The Balaban J connectivity index is 2.10. The van der Waals surface area contributed by atoms with Crippen molar-refractivity contribution in [3.63, 3.8) is 0 Å². The van der Waals surface area contributed by atoms with Crippen LogP contribution in [0.25, 0.3) is 10.8 Å². The Hall–Kier alpha value is -1.19. The molecule has 2 nitrogen and oxygen atoms in total. The molecule has 0 radical (unpaired) electrons. The maximum atomic E-state index is 11.1. The molecule has 2 rings (SSSR count). The van der Waals surface area contributed by atoms with Gasteiger partial charge in [-0.05, 0) is 23.3 Å². The molecular weight excluding hydrogens is 242 g/mol. The highest BCUT2D eigenvalue weighted by Gasteiger charge is 2.05. The van der Waals surface area contributed by atoms with Gasteiger partial charge in [-0.15, -0.1) is 0 Å². The van der Waals surface area contributed by atoms with Gasteiger partial charge in [0.2, 0.25) is 0 Å². The van der Waals surface area contributed by atoms with Gasteiger partial charge in [-0.1, -0.05) is 42.5 Å². The van der Waals surface area contributed by atoms with Crippen LogP contribution in [0.3, 0.4) is 0 Å². The summed E-state index contributed by atoms with van der Waals surface area (Å²) in [6.45, 7) is 2.90. The molecular formula is C15H19NOS. The molecule has 2 unspecified atom stereocenters. The number of hydrogen-bond donors (Lipinski definition) is 1. The summed E-state index contributed by atoms with van der Waals surface area (Å²) in [6.07, 6.45) is 1.75. The lowest BCUT2D eigenvalue weighted by Crippen LogP contribution is -2.30. The van der Waals surface area contributed by atoms with Crippen molar-refractivity contribution in [1.82, 2.24) is 5.32 Å². The van der Waals surface area contributed by atoms with E-state index in [-0.39, 0.29) is 6.04 Å². The molecule has 0 aliphatic rings. The normalized spacial score (nSPS) is 14.6. The van der Waals surface area contributed by atoms with Gasteiger partial charge in [0.1, 0.15) is 0 Å². The zero-order valence-corrected chi connectivity index (χ0v) is 11.7. The summed E-state index contributed by atoms with van der Waals surface area (Å²) in [7, 11) is -0.743. The van der Waals surface area contributed by atoms with Gasteiger partial charge in [-0.2, -0.15) is 0 Å². The maximum Gasteiger partial charge on any atom is 0.0383 e. The van der Waals surface area contributed by atoms with Gasteiger partial charge in [0.25, 0.3) is 0 Å². The highest BCUT2D eigenvalue weighted by Crippen LogP contribution is 2.18. The third-order valence-electron chi connectivity index (χ3n) is 3.01. The van der Waals surface area contributed by atoms with Gasteiger partial charge < -0.3 is 5.32 Å². The van der Waals surface area contributed by atoms with Gasteiger partial charge in [-0.3, -0.25) is 4.21 Å². The number of nitrogens with one attached hydrogen (secondary N) is 1. The first-order valence-corrected chi connectivity index (χ1v) is 7.89. The predicted molar refractivity (Wildman–Crippen MR) is 79.2 cm³/mol. The van der Waals surface area contributed by atoms with E-state index in [1.165, 1.54) is 16.3 Å². The van der Waals surface area contributed by atoms with Gasteiger partial charge in [0.15, 0.2) is 0 Å². The Kier molecular flexibility index (Phi) is 4.50. The minimum atomic E-state index is -0.743. The quantitative estimate of drug-likeness (QED) is 0.896. The van der Waals surface area contributed by atoms with E-state index >= 15 is 0 Å². The van der Waals surface area contributed by atoms with E-state index < -0.39 is 10.8 Å². The smallest absolute Gasteiger partial charge is 0.0383 e. The first-order chi connectivity index (χ1) is 8.66. The molecule has 0 amide bonds. The van der Waals surface area contributed by atoms with Crippen LogP contribution < -0.4 is 5.32 Å². The molecule has 2 aromatic rings. The summed E-state index contributed by atoms with van der Waals surface area (Å²) < 4.78 is 11.1. The number of rotatable bonds is 5. The largest absolute Gasteiger partial charge is 0.309 e. The van der Waals surface area contributed by atoms with Gasteiger partial charge in [0.05, 0.1) is 0 Å². The molecule has 0 spiro atoms.